The van der Waals surface area contributed by atoms with Crippen LogP contribution in [0.4, 0.5) is 22.7 Å². The van der Waals surface area contributed by atoms with E-state index in [1.54, 1.807) is 12.1 Å². The maximum Gasteiger partial charge on any atom is 0.315 e. The standard InChI is InChI=1S/C13H9ClN4O2/c14-9-5-4-8(7-15)12(6-9)17-11-3-1-2-10(16)13(11)18(19)20/h1-6,17H,16H2. The van der Waals surface area contributed by atoms with Gasteiger partial charge in [-0.25, -0.2) is 0 Å². The number of benzene rings is 2. The Kier molecular flexibility index (Phi) is 3.73. The van der Waals surface area contributed by atoms with Gasteiger partial charge < -0.3 is 11.1 Å². The first kappa shape index (κ1) is 13.6. The zero-order valence-electron chi connectivity index (χ0n) is 10.1. The zero-order valence-corrected chi connectivity index (χ0v) is 10.9. The number of rotatable bonds is 3. The van der Waals surface area contributed by atoms with Gasteiger partial charge in [0.2, 0.25) is 0 Å². The van der Waals surface area contributed by atoms with Crippen LogP contribution in [0.25, 0.3) is 0 Å². The summed E-state index contributed by atoms with van der Waals surface area (Å²) < 4.78 is 0. The molecule has 0 aliphatic carbocycles. The molecule has 0 aliphatic rings. The number of halogens is 1. The lowest BCUT2D eigenvalue weighted by atomic mass is 10.1. The predicted octanol–water partition coefficient (Wildman–Crippen LogP) is 3.45. The molecule has 0 radical (unpaired) electrons. The Balaban J connectivity index is 2.51. The molecule has 0 aliphatic heterocycles. The quantitative estimate of drug-likeness (QED) is 0.511. The summed E-state index contributed by atoms with van der Waals surface area (Å²) in [4.78, 5) is 10.5. The van der Waals surface area contributed by atoms with E-state index in [0.29, 0.717) is 16.3 Å². The fourth-order valence-corrected chi connectivity index (χ4v) is 1.90. The summed E-state index contributed by atoms with van der Waals surface area (Å²) in [6.45, 7) is 0. The molecule has 100 valence electrons. The van der Waals surface area contributed by atoms with Crippen molar-refractivity contribution < 1.29 is 4.92 Å². The molecule has 0 atom stereocenters. The number of nitrogens with one attached hydrogen (secondary N) is 1. The van der Waals surface area contributed by atoms with Crippen LogP contribution in [0.2, 0.25) is 5.02 Å². The van der Waals surface area contributed by atoms with Crippen LogP contribution < -0.4 is 11.1 Å². The number of anilines is 3. The Morgan fingerprint density at radius 1 is 1.30 bits per heavy atom. The van der Waals surface area contributed by atoms with Gasteiger partial charge in [0.25, 0.3) is 0 Å². The monoisotopic (exact) mass is 288 g/mol. The molecular formula is C13H9ClN4O2. The largest absolute Gasteiger partial charge is 0.393 e. The molecule has 0 saturated heterocycles. The molecule has 0 unspecified atom stereocenters. The fourth-order valence-electron chi connectivity index (χ4n) is 1.73. The molecule has 2 rings (SSSR count). The Bertz CT molecular complexity index is 725. The second-order valence-corrected chi connectivity index (χ2v) is 4.36. The molecule has 0 fully saturated rings. The zero-order chi connectivity index (χ0) is 14.7. The first-order chi connectivity index (χ1) is 9.52. The summed E-state index contributed by atoms with van der Waals surface area (Å²) in [7, 11) is 0. The maximum absolute atomic E-state index is 11.0. The van der Waals surface area contributed by atoms with Crippen LogP contribution in [0, 0.1) is 21.4 Å². The summed E-state index contributed by atoms with van der Waals surface area (Å²) in [6, 6.07) is 11.1. The number of hydrogen-bond acceptors (Lipinski definition) is 5. The van der Waals surface area contributed by atoms with Crippen molar-refractivity contribution in [1.29, 1.82) is 5.26 Å². The van der Waals surface area contributed by atoms with Gasteiger partial charge in [-0.15, -0.1) is 0 Å². The van der Waals surface area contributed by atoms with Crippen molar-refractivity contribution in [3.63, 3.8) is 0 Å². The van der Waals surface area contributed by atoms with Gasteiger partial charge in [0, 0.05) is 5.02 Å². The van der Waals surface area contributed by atoms with Crippen molar-refractivity contribution >= 4 is 34.4 Å². The van der Waals surface area contributed by atoms with Gasteiger partial charge >= 0.3 is 5.69 Å². The van der Waals surface area contributed by atoms with E-state index < -0.39 is 4.92 Å². The molecule has 3 N–H and O–H groups in total. The molecule has 0 saturated carbocycles. The molecular weight excluding hydrogens is 280 g/mol. The van der Waals surface area contributed by atoms with Gasteiger partial charge in [0.1, 0.15) is 17.4 Å². The van der Waals surface area contributed by atoms with E-state index in [9.17, 15) is 10.1 Å². The maximum atomic E-state index is 11.0. The lowest BCUT2D eigenvalue weighted by molar-refractivity contribution is -0.383. The van der Waals surface area contributed by atoms with Gasteiger partial charge in [-0.3, -0.25) is 10.1 Å². The van der Waals surface area contributed by atoms with E-state index in [1.165, 1.54) is 24.3 Å². The van der Waals surface area contributed by atoms with Crippen LogP contribution in [-0.2, 0) is 0 Å². The summed E-state index contributed by atoms with van der Waals surface area (Å²) in [5.41, 5.74) is 6.32. The second-order valence-electron chi connectivity index (χ2n) is 3.93. The molecule has 2 aromatic rings. The first-order valence-electron chi connectivity index (χ1n) is 5.52. The van der Waals surface area contributed by atoms with Crippen LogP contribution in [0.5, 0.6) is 0 Å². The van der Waals surface area contributed by atoms with Crippen molar-refractivity contribution in [1.82, 2.24) is 0 Å². The number of nitrogens with zero attached hydrogens (tertiary/aromatic N) is 2. The van der Waals surface area contributed by atoms with Crippen molar-refractivity contribution in [2.45, 2.75) is 0 Å². The van der Waals surface area contributed by atoms with Crippen molar-refractivity contribution in [2.75, 3.05) is 11.1 Å². The third kappa shape index (κ3) is 2.63. The van der Waals surface area contributed by atoms with Crippen molar-refractivity contribution in [3.05, 3.63) is 57.1 Å². The van der Waals surface area contributed by atoms with E-state index in [-0.39, 0.29) is 17.1 Å². The Labute approximate surface area is 119 Å². The average Bonchev–Trinajstić information content (AvgIpc) is 2.38. The topological polar surface area (TPSA) is 105 Å². The summed E-state index contributed by atoms with van der Waals surface area (Å²) in [5.74, 6) is 0. The summed E-state index contributed by atoms with van der Waals surface area (Å²) in [6.07, 6.45) is 0. The van der Waals surface area contributed by atoms with E-state index in [2.05, 4.69) is 5.32 Å². The van der Waals surface area contributed by atoms with E-state index in [0.717, 1.165) is 0 Å². The second kappa shape index (κ2) is 5.47. The molecule has 0 bridgehead atoms. The van der Waals surface area contributed by atoms with Gasteiger partial charge in [0.15, 0.2) is 0 Å². The average molecular weight is 289 g/mol. The third-order valence-electron chi connectivity index (χ3n) is 2.62. The molecule has 6 nitrogen and oxygen atoms in total. The molecule has 2 aromatic carbocycles. The number of nitro benzene ring substituents is 1. The fraction of sp³-hybridized carbons (Fsp3) is 0. The van der Waals surface area contributed by atoms with Crippen LogP contribution in [0.15, 0.2) is 36.4 Å². The van der Waals surface area contributed by atoms with Gasteiger partial charge in [-0.2, -0.15) is 5.26 Å². The van der Waals surface area contributed by atoms with Gasteiger partial charge in [0.05, 0.1) is 16.2 Å². The highest BCUT2D eigenvalue weighted by atomic mass is 35.5. The summed E-state index contributed by atoms with van der Waals surface area (Å²) in [5, 5.41) is 23.3. The minimum atomic E-state index is -0.575. The smallest absolute Gasteiger partial charge is 0.315 e. The lowest BCUT2D eigenvalue weighted by Crippen LogP contribution is -2.01. The van der Waals surface area contributed by atoms with E-state index >= 15 is 0 Å². The Hall–Kier alpha value is -2.78. The minimum Gasteiger partial charge on any atom is -0.393 e. The molecule has 7 heteroatoms. The lowest BCUT2D eigenvalue weighted by Gasteiger charge is -2.10. The Morgan fingerprint density at radius 2 is 2.05 bits per heavy atom. The minimum absolute atomic E-state index is 0.0422. The number of nitrogens with two attached hydrogens (primary N) is 1. The normalized spacial score (nSPS) is 9.80. The molecule has 0 amide bonds. The number of nitrogen functional groups attached to an aromatic ring is 1. The van der Waals surface area contributed by atoms with E-state index in [4.69, 9.17) is 22.6 Å². The number of para-hydroxylation sites is 1. The third-order valence-corrected chi connectivity index (χ3v) is 2.86. The van der Waals surface area contributed by atoms with Crippen molar-refractivity contribution in [3.8, 4) is 6.07 Å². The van der Waals surface area contributed by atoms with E-state index in [1.807, 2.05) is 6.07 Å². The first-order valence-corrected chi connectivity index (χ1v) is 5.90. The number of nitriles is 1. The van der Waals surface area contributed by atoms with Crippen LogP contribution in [0.1, 0.15) is 5.56 Å². The van der Waals surface area contributed by atoms with Gasteiger partial charge in [-0.1, -0.05) is 17.7 Å². The Morgan fingerprint density at radius 3 is 2.70 bits per heavy atom. The SMILES string of the molecule is N#Cc1ccc(Cl)cc1Nc1cccc(N)c1[N+](=O)[O-]. The van der Waals surface area contributed by atoms with Crippen LogP contribution in [-0.4, -0.2) is 4.92 Å². The molecule has 0 heterocycles. The number of hydrogen-bond donors (Lipinski definition) is 2. The predicted molar refractivity (Wildman–Crippen MR) is 77.0 cm³/mol. The van der Waals surface area contributed by atoms with Gasteiger partial charge in [-0.05, 0) is 30.3 Å². The van der Waals surface area contributed by atoms with Crippen LogP contribution >= 0.6 is 11.6 Å². The highest BCUT2D eigenvalue weighted by molar-refractivity contribution is 6.30. The molecule has 20 heavy (non-hydrogen) atoms. The number of nitro groups is 1. The molecule has 0 spiro atoms. The van der Waals surface area contributed by atoms with Crippen LogP contribution in [0.3, 0.4) is 0 Å². The summed E-state index contributed by atoms with van der Waals surface area (Å²) >= 11 is 5.87. The highest BCUT2D eigenvalue weighted by Crippen LogP contribution is 2.34. The van der Waals surface area contributed by atoms with Crippen molar-refractivity contribution in [2.24, 2.45) is 0 Å². The highest BCUT2D eigenvalue weighted by Gasteiger charge is 2.18. The molecule has 0 aromatic heterocycles.